The Morgan fingerprint density at radius 3 is 2.00 bits per heavy atom. The van der Waals surface area contributed by atoms with Crippen LogP contribution in [0.15, 0.2) is 84.9 Å². The smallest absolute Gasteiger partial charge is 0.251 e. The van der Waals surface area contributed by atoms with Gasteiger partial charge >= 0.3 is 0 Å². The molecular weight excluding hydrogens is 312 g/mol. The van der Waals surface area contributed by atoms with Crippen LogP contribution in [0.3, 0.4) is 0 Å². The first-order valence-electron chi connectivity index (χ1n) is 8.08. The van der Waals surface area contributed by atoms with Crippen LogP contribution < -0.4 is 15.4 Å². The molecule has 0 heterocycles. The fraction of sp³-hybridized carbons (Fsp3) is 0.0952. The van der Waals surface area contributed by atoms with Crippen LogP contribution >= 0.6 is 0 Å². The van der Waals surface area contributed by atoms with Crippen LogP contribution in [0.1, 0.15) is 11.6 Å². The molecule has 25 heavy (non-hydrogen) atoms. The minimum Gasteiger partial charge on any atom is -0.497 e. The summed E-state index contributed by atoms with van der Waals surface area (Å²) >= 11 is 0. The Balaban J connectivity index is 1.83. The van der Waals surface area contributed by atoms with E-state index in [1.807, 2.05) is 84.9 Å². The molecule has 3 aromatic carbocycles. The number of benzene rings is 3. The summed E-state index contributed by atoms with van der Waals surface area (Å²) in [5.41, 5.74) is 2.51. The molecule has 0 aliphatic carbocycles. The minimum atomic E-state index is -0.505. The summed E-state index contributed by atoms with van der Waals surface area (Å²) in [6.07, 6.45) is 0. The Labute approximate surface area is 147 Å². The predicted molar refractivity (Wildman–Crippen MR) is 101 cm³/mol. The highest BCUT2D eigenvalue weighted by molar-refractivity contribution is 5.97. The Morgan fingerprint density at radius 2 is 1.40 bits per heavy atom. The molecule has 0 spiro atoms. The van der Waals surface area contributed by atoms with E-state index in [1.165, 1.54) is 0 Å². The summed E-state index contributed by atoms with van der Waals surface area (Å²) in [7, 11) is 1.63. The first kappa shape index (κ1) is 16.6. The van der Waals surface area contributed by atoms with E-state index in [-0.39, 0.29) is 5.91 Å². The molecule has 4 heteroatoms. The highest BCUT2D eigenvalue weighted by atomic mass is 16.5. The zero-order valence-corrected chi connectivity index (χ0v) is 14.0. The number of ether oxygens (including phenoxy) is 1. The van der Waals surface area contributed by atoms with Gasteiger partial charge in [0.1, 0.15) is 11.8 Å². The van der Waals surface area contributed by atoms with Gasteiger partial charge in [-0.2, -0.15) is 0 Å². The summed E-state index contributed by atoms with van der Waals surface area (Å²) in [5.74, 6) is 0.656. The van der Waals surface area contributed by atoms with Crippen molar-refractivity contribution >= 4 is 17.3 Å². The van der Waals surface area contributed by atoms with Crippen molar-refractivity contribution in [3.63, 3.8) is 0 Å². The lowest BCUT2D eigenvalue weighted by atomic mass is 10.1. The molecule has 0 aromatic heterocycles. The molecule has 0 bridgehead atoms. The summed E-state index contributed by atoms with van der Waals surface area (Å²) in [6.45, 7) is 0. The second kappa shape index (κ2) is 8.02. The Hall–Kier alpha value is -3.27. The molecule has 1 atom stereocenters. The van der Waals surface area contributed by atoms with Gasteiger partial charge in [-0.05, 0) is 42.0 Å². The van der Waals surface area contributed by atoms with Crippen molar-refractivity contribution in [2.24, 2.45) is 0 Å². The topological polar surface area (TPSA) is 50.4 Å². The monoisotopic (exact) mass is 332 g/mol. The van der Waals surface area contributed by atoms with Crippen LogP contribution in [0, 0.1) is 0 Å². The number of hydrogen-bond acceptors (Lipinski definition) is 3. The van der Waals surface area contributed by atoms with E-state index in [1.54, 1.807) is 7.11 Å². The number of anilines is 2. The van der Waals surface area contributed by atoms with E-state index >= 15 is 0 Å². The van der Waals surface area contributed by atoms with Crippen LogP contribution in [0.5, 0.6) is 5.75 Å². The normalized spacial score (nSPS) is 11.4. The van der Waals surface area contributed by atoms with Crippen molar-refractivity contribution in [3.8, 4) is 5.75 Å². The van der Waals surface area contributed by atoms with E-state index in [2.05, 4.69) is 10.6 Å². The average Bonchev–Trinajstić information content (AvgIpc) is 2.68. The van der Waals surface area contributed by atoms with Crippen LogP contribution in [0.2, 0.25) is 0 Å². The maximum Gasteiger partial charge on any atom is 0.251 e. The second-order valence-corrected chi connectivity index (χ2v) is 5.57. The molecule has 1 unspecified atom stereocenters. The van der Waals surface area contributed by atoms with E-state index < -0.39 is 6.04 Å². The van der Waals surface area contributed by atoms with Gasteiger partial charge in [-0.15, -0.1) is 0 Å². The van der Waals surface area contributed by atoms with Crippen LogP contribution in [-0.2, 0) is 4.79 Å². The first-order chi connectivity index (χ1) is 12.3. The standard InChI is InChI=1S/C21H20N2O2/c1-25-19-14-12-18(13-15-19)22-20(16-8-4-2-5-9-16)21(24)23-17-10-6-3-7-11-17/h2-15,20,22H,1H3,(H,23,24). The van der Waals surface area contributed by atoms with E-state index in [9.17, 15) is 4.79 Å². The quantitative estimate of drug-likeness (QED) is 0.699. The number of carbonyl (C=O) groups is 1. The molecule has 0 fully saturated rings. The lowest BCUT2D eigenvalue weighted by Gasteiger charge is -2.20. The number of para-hydroxylation sites is 1. The van der Waals surface area contributed by atoms with Crippen LogP contribution in [-0.4, -0.2) is 13.0 Å². The fourth-order valence-corrected chi connectivity index (χ4v) is 2.54. The number of methoxy groups -OCH3 is 1. The summed E-state index contributed by atoms with van der Waals surface area (Å²) < 4.78 is 5.18. The molecule has 4 nitrogen and oxygen atoms in total. The Bertz CT molecular complexity index is 802. The first-order valence-corrected chi connectivity index (χ1v) is 8.08. The number of hydrogen-bond donors (Lipinski definition) is 2. The zero-order valence-electron chi connectivity index (χ0n) is 14.0. The summed E-state index contributed by atoms with van der Waals surface area (Å²) in [4.78, 5) is 12.8. The third-order valence-corrected chi connectivity index (χ3v) is 3.84. The molecule has 0 aliphatic heterocycles. The molecule has 3 aromatic rings. The van der Waals surface area contributed by atoms with E-state index in [0.29, 0.717) is 0 Å². The third-order valence-electron chi connectivity index (χ3n) is 3.84. The lowest BCUT2D eigenvalue weighted by molar-refractivity contribution is -0.117. The average molecular weight is 332 g/mol. The highest BCUT2D eigenvalue weighted by Gasteiger charge is 2.20. The van der Waals surface area contributed by atoms with Crippen molar-refractivity contribution < 1.29 is 9.53 Å². The van der Waals surface area contributed by atoms with Gasteiger partial charge in [-0.25, -0.2) is 0 Å². The molecule has 2 N–H and O–H groups in total. The molecule has 1 amide bonds. The van der Waals surface area contributed by atoms with E-state index in [0.717, 1.165) is 22.7 Å². The molecule has 0 saturated heterocycles. The zero-order chi connectivity index (χ0) is 17.5. The van der Waals surface area contributed by atoms with Gasteiger partial charge in [0.2, 0.25) is 0 Å². The highest BCUT2D eigenvalue weighted by Crippen LogP contribution is 2.23. The van der Waals surface area contributed by atoms with Gasteiger partial charge in [0, 0.05) is 11.4 Å². The van der Waals surface area contributed by atoms with Gasteiger partial charge in [-0.1, -0.05) is 48.5 Å². The maximum atomic E-state index is 12.8. The van der Waals surface area contributed by atoms with Crippen molar-refractivity contribution in [3.05, 3.63) is 90.5 Å². The molecule has 0 aliphatic rings. The van der Waals surface area contributed by atoms with Gasteiger partial charge in [0.25, 0.3) is 5.91 Å². The van der Waals surface area contributed by atoms with Crippen molar-refractivity contribution in [1.82, 2.24) is 0 Å². The SMILES string of the molecule is COc1ccc(NC(C(=O)Nc2ccccc2)c2ccccc2)cc1. The Kier molecular flexibility index (Phi) is 5.32. The van der Waals surface area contributed by atoms with Gasteiger partial charge in [-0.3, -0.25) is 4.79 Å². The molecule has 126 valence electrons. The fourth-order valence-electron chi connectivity index (χ4n) is 2.54. The predicted octanol–water partition coefficient (Wildman–Crippen LogP) is 4.49. The van der Waals surface area contributed by atoms with Crippen molar-refractivity contribution in [1.29, 1.82) is 0 Å². The van der Waals surface area contributed by atoms with Crippen molar-refractivity contribution in [2.75, 3.05) is 17.7 Å². The maximum absolute atomic E-state index is 12.8. The Morgan fingerprint density at radius 1 is 0.800 bits per heavy atom. The lowest BCUT2D eigenvalue weighted by Crippen LogP contribution is -2.27. The molecule has 0 radical (unpaired) electrons. The number of carbonyl (C=O) groups excluding carboxylic acids is 1. The van der Waals surface area contributed by atoms with Gasteiger partial charge in [0.05, 0.1) is 7.11 Å². The van der Waals surface area contributed by atoms with Gasteiger partial charge in [0.15, 0.2) is 0 Å². The third kappa shape index (κ3) is 4.38. The van der Waals surface area contributed by atoms with Crippen molar-refractivity contribution in [2.45, 2.75) is 6.04 Å². The molecule has 0 saturated carbocycles. The number of rotatable bonds is 6. The number of amides is 1. The van der Waals surface area contributed by atoms with Crippen LogP contribution in [0.4, 0.5) is 11.4 Å². The second-order valence-electron chi connectivity index (χ2n) is 5.57. The number of nitrogens with one attached hydrogen (secondary N) is 2. The summed E-state index contributed by atoms with van der Waals surface area (Å²) in [5, 5.41) is 6.26. The van der Waals surface area contributed by atoms with Crippen LogP contribution in [0.25, 0.3) is 0 Å². The summed E-state index contributed by atoms with van der Waals surface area (Å²) in [6, 6.07) is 26.1. The van der Waals surface area contributed by atoms with E-state index in [4.69, 9.17) is 4.74 Å². The molecule has 3 rings (SSSR count). The minimum absolute atomic E-state index is 0.117. The molecular formula is C21H20N2O2. The van der Waals surface area contributed by atoms with Gasteiger partial charge < -0.3 is 15.4 Å². The largest absolute Gasteiger partial charge is 0.497 e.